The highest BCUT2D eigenvalue weighted by Gasteiger charge is 2.13. The number of hydrogen-bond donors (Lipinski definition) is 0. The van der Waals surface area contributed by atoms with E-state index in [0.717, 1.165) is 34.4 Å². The van der Waals surface area contributed by atoms with E-state index < -0.39 is 0 Å². The molecule has 0 atom stereocenters. The van der Waals surface area contributed by atoms with Crippen LogP contribution in [0.5, 0.6) is 5.75 Å². The fourth-order valence-corrected chi connectivity index (χ4v) is 3.64. The summed E-state index contributed by atoms with van der Waals surface area (Å²) in [5, 5.41) is 4.23. The van der Waals surface area contributed by atoms with Gasteiger partial charge in [0.2, 0.25) is 0 Å². The maximum absolute atomic E-state index is 12.5. The van der Waals surface area contributed by atoms with Gasteiger partial charge in [-0.1, -0.05) is 87.4 Å². The standard InChI is InChI=1S/C25H30O2/c1-3-4-5-6-7-8-9-14-24(26)27-25-22-13-11-10-12-20(22)18-21-16-15-19(2)17-23(21)25/h10-13,15-18H,3-9,14H2,1-2H3. The zero-order valence-corrected chi connectivity index (χ0v) is 16.6. The number of ether oxygens (including phenoxy) is 1. The lowest BCUT2D eigenvalue weighted by Crippen LogP contribution is -2.08. The number of hydrogen-bond acceptors (Lipinski definition) is 2. The van der Waals surface area contributed by atoms with Crippen molar-refractivity contribution >= 4 is 27.5 Å². The van der Waals surface area contributed by atoms with Gasteiger partial charge in [-0.05, 0) is 36.2 Å². The van der Waals surface area contributed by atoms with Gasteiger partial charge in [0.1, 0.15) is 5.75 Å². The molecule has 2 heteroatoms. The van der Waals surface area contributed by atoms with Crippen LogP contribution in [0.1, 0.15) is 63.9 Å². The number of carbonyl (C=O) groups is 1. The highest BCUT2D eigenvalue weighted by molar-refractivity contribution is 6.06. The van der Waals surface area contributed by atoms with Crippen molar-refractivity contribution in [3.05, 3.63) is 54.1 Å². The maximum atomic E-state index is 12.5. The van der Waals surface area contributed by atoms with Crippen LogP contribution < -0.4 is 4.74 Å². The predicted molar refractivity (Wildman–Crippen MR) is 114 cm³/mol. The molecule has 3 rings (SSSR count). The molecule has 0 radical (unpaired) electrons. The van der Waals surface area contributed by atoms with E-state index in [1.54, 1.807) is 0 Å². The van der Waals surface area contributed by atoms with Crippen LogP contribution in [-0.2, 0) is 4.79 Å². The number of aryl methyl sites for hydroxylation is 1. The lowest BCUT2D eigenvalue weighted by molar-refractivity contribution is -0.134. The summed E-state index contributed by atoms with van der Waals surface area (Å²) >= 11 is 0. The van der Waals surface area contributed by atoms with E-state index in [1.165, 1.54) is 37.7 Å². The lowest BCUT2D eigenvalue weighted by Gasteiger charge is -2.12. The Morgan fingerprint density at radius 1 is 0.815 bits per heavy atom. The molecule has 0 spiro atoms. The SMILES string of the molecule is CCCCCCCCCC(=O)Oc1c2ccccc2cc2ccc(C)cc12. The van der Waals surface area contributed by atoms with Gasteiger partial charge in [0.05, 0.1) is 0 Å². The van der Waals surface area contributed by atoms with Crippen LogP contribution in [0.15, 0.2) is 48.5 Å². The number of rotatable bonds is 9. The quantitative estimate of drug-likeness (QED) is 0.172. The molecule has 27 heavy (non-hydrogen) atoms. The largest absolute Gasteiger partial charge is 0.425 e. The first-order valence-corrected chi connectivity index (χ1v) is 10.3. The predicted octanol–water partition coefficient (Wildman–Crippen LogP) is 7.35. The fraction of sp³-hybridized carbons (Fsp3) is 0.400. The molecule has 0 aromatic heterocycles. The summed E-state index contributed by atoms with van der Waals surface area (Å²) < 4.78 is 5.90. The van der Waals surface area contributed by atoms with Gasteiger partial charge in [0.15, 0.2) is 0 Å². The summed E-state index contributed by atoms with van der Waals surface area (Å²) in [6.45, 7) is 4.30. The van der Waals surface area contributed by atoms with E-state index >= 15 is 0 Å². The number of benzene rings is 3. The summed E-state index contributed by atoms with van der Waals surface area (Å²) in [5.41, 5.74) is 1.17. The molecule has 0 aliphatic heterocycles. The molecule has 0 amide bonds. The Labute approximate surface area is 162 Å². The van der Waals surface area contributed by atoms with Crippen molar-refractivity contribution in [2.24, 2.45) is 0 Å². The Morgan fingerprint density at radius 3 is 2.33 bits per heavy atom. The van der Waals surface area contributed by atoms with Gasteiger partial charge in [0.25, 0.3) is 0 Å². The monoisotopic (exact) mass is 362 g/mol. The average molecular weight is 363 g/mol. The first-order chi connectivity index (χ1) is 13.2. The molecular weight excluding hydrogens is 332 g/mol. The number of unbranched alkanes of at least 4 members (excludes halogenated alkanes) is 6. The van der Waals surface area contributed by atoms with Gasteiger partial charge in [-0.2, -0.15) is 0 Å². The molecular formula is C25H30O2. The number of fused-ring (bicyclic) bond motifs is 2. The van der Waals surface area contributed by atoms with E-state index in [-0.39, 0.29) is 5.97 Å². The number of carbonyl (C=O) groups excluding carboxylic acids is 1. The van der Waals surface area contributed by atoms with Crippen molar-refractivity contribution in [1.82, 2.24) is 0 Å². The van der Waals surface area contributed by atoms with Crippen LogP contribution >= 0.6 is 0 Å². The molecule has 0 fully saturated rings. The van der Waals surface area contributed by atoms with Crippen LogP contribution in [0, 0.1) is 6.92 Å². The van der Waals surface area contributed by atoms with Gasteiger partial charge >= 0.3 is 5.97 Å². The molecule has 0 saturated heterocycles. The van der Waals surface area contributed by atoms with E-state index in [4.69, 9.17) is 4.74 Å². The zero-order chi connectivity index (χ0) is 19.1. The average Bonchev–Trinajstić information content (AvgIpc) is 2.67. The van der Waals surface area contributed by atoms with Crippen LogP contribution in [0.2, 0.25) is 0 Å². The van der Waals surface area contributed by atoms with Crippen molar-refractivity contribution < 1.29 is 9.53 Å². The Morgan fingerprint density at radius 2 is 1.52 bits per heavy atom. The Balaban J connectivity index is 1.71. The fourth-order valence-electron chi connectivity index (χ4n) is 3.64. The van der Waals surface area contributed by atoms with Crippen molar-refractivity contribution in [1.29, 1.82) is 0 Å². The first-order valence-electron chi connectivity index (χ1n) is 10.3. The third-order valence-corrected chi connectivity index (χ3v) is 5.17. The molecule has 142 valence electrons. The van der Waals surface area contributed by atoms with Crippen molar-refractivity contribution in [2.45, 2.75) is 65.2 Å². The summed E-state index contributed by atoms with van der Waals surface area (Å²) in [5.74, 6) is 0.586. The third kappa shape index (κ3) is 5.09. The minimum Gasteiger partial charge on any atom is -0.425 e. The van der Waals surface area contributed by atoms with E-state index in [1.807, 2.05) is 18.2 Å². The molecule has 0 aliphatic carbocycles. The molecule has 0 aliphatic rings. The first kappa shape index (κ1) is 19.4. The molecule has 3 aromatic rings. The lowest BCUT2D eigenvalue weighted by atomic mass is 10.0. The van der Waals surface area contributed by atoms with Crippen LogP contribution in [0.3, 0.4) is 0 Å². The molecule has 0 heterocycles. The molecule has 3 aromatic carbocycles. The Bertz CT molecular complexity index is 911. The van der Waals surface area contributed by atoms with Crippen LogP contribution in [0.25, 0.3) is 21.5 Å². The van der Waals surface area contributed by atoms with Crippen molar-refractivity contribution in [3.63, 3.8) is 0 Å². The summed E-state index contributed by atoms with van der Waals surface area (Å²) in [4.78, 5) is 12.5. The molecule has 0 N–H and O–H groups in total. The molecule has 0 saturated carbocycles. The second-order valence-electron chi connectivity index (χ2n) is 7.50. The Kier molecular flexibility index (Phi) is 6.86. The molecule has 0 bridgehead atoms. The number of esters is 1. The van der Waals surface area contributed by atoms with Gasteiger partial charge in [-0.15, -0.1) is 0 Å². The van der Waals surface area contributed by atoms with Gasteiger partial charge < -0.3 is 4.74 Å². The second-order valence-corrected chi connectivity index (χ2v) is 7.50. The van der Waals surface area contributed by atoms with Gasteiger partial charge in [-0.3, -0.25) is 4.79 Å². The van der Waals surface area contributed by atoms with Gasteiger partial charge in [0, 0.05) is 17.2 Å². The highest BCUT2D eigenvalue weighted by Crippen LogP contribution is 2.35. The normalized spacial score (nSPS) is 11.2. The van der Waals surface area contributed by atoms with Crippen LogP contribution in [-0.4, -0.2) is 5.97 Å². The van der Waals surface area contributed by atoms with E-state index in [0.29, 0.717) is 12.2 Å². The third-order valence-electron chi connectivity index (χ3n) is 5.17. The summed E-state index contributed by atoms with van der Waals surface area (Å²) in [6, 6.07) is 16.6. The maximum Gasteiger partial charge on any atom is 0.311 e. The smallest absolute Gasteiger partial charge is 0.311 e. The Hall–Kier alpha value is -2.35. The van der Waals surface area contributed by atoms with Crippen molar-refractivity contribution in [3.8, 4) is 5.75 Å². The minimum absolute atomic E-state index is 0.122. The van der Waals surface area contributed by atoms with E-state index in [9.17, 15) is 4.79 Å². The molecule has 2 nitrogen and oxygen atoms in total. The summed E-state index contributed by atoms with van der Waals surface area (Å²) in [6.07, 6.45) is 8.88. The second kappa shape index (κ2) is 9.55. The van der Waals surface area contributed by atoms with Gasteiger partial charge in [-0.25, -0.2) is 0 Å². The summed E-state index contributed by atoms with van der Waals surface area (Å²) in [7, 11) is 0. The zero-order valence-electron chi connectivity index (χ0n) is 16.6. The highest BCUT2D eigenvalue weighted by atomic mass is 16.5. The van der Waals surface area contributed by atoms with E-state index in [2.05, 4.69) is 44.2 Å². The topological polar surface area (TPSA) is 26.3 Å². The van der Waals surface area contributed by atoms with Crippen molar-refractivity contribution in [2.75, 3.05) is 0 Å². The van der Waals surface area contributed by atoms with Crippen LogP contribution in [0.4, 0.5) is 0 Å². The molecule has 0 unspecified atom stereocenters. The minimum atomic E-state index is -0.122.